The molecule has 1 aliphatic rings. The number of aromatic nitrogens is 3. The molecule has 0 spiro atoms. The number of alkyl halides is 3. The van der Waals surface area contributed by atoms with Gasteiger partial charge in [0.25, 0.3) is 5.82 Å². The van der Waals surface area contributed by atoms with E-state index in [1.165, 1.54) is 36.4 Å². The molecule has 4 rings (SSSR count). The van der Waals surface area contributed by atoms with Gasteiger partial charge in [-0.25, -0.2) is 23.2 Å². The maximum atomic E-state index is 13.2. The molecule has 0 amide bonds. The zero-order valence-electron chi connectivity index (χ0n) is 13.8. The summed E-state index contributed by atoms with van der Waals surface area (Å²) in [5, 5.41) is 8.58. The van der Waals surface area contributed by atoms with E-state index in [1.807, 2.05) is 0 Å². The van der Waals surface area contributed by atoms with Crippen LogP contribution in [0.2, 0.25) is 0 Å². The van der Waals surface area contributed by atoms with Gasteiger partial charge in [-0.3, -0.25) is 0 Å². The minimum Gasteiger partial charge on any atom is -0.454 e. The van der Waals surface area contributed by atoms with Crippen LogP contribution in [0.5, 0.6) is 11.5 Å². The minimum atomic E-state index is -4.77. The van der Waals surface area contributed by atoms with E-state index < -0.39 is 22.0 Å². The number of benzene rings is 2. The topological polar surface area (TPSA) is 109 Å². The standard InChI is InChI=1S/C16H11F3N4O4S/c17-16(18,19)15-21-14(9-1-6-12-13(7-9)27-8-26-12)23(22-15)10-2-4-11(5-3-10)28(20,24)25/h1-7H,8H2,(H2,20,24,25). The Morgan fingerprint density at radius 1 is 1.04 bits per heavy atom. The number of nitrogens with zero attached hydrogens (tertiary/aromatic N) is 3. The normalized spacial score (nSPS) is 13.7. The Bertz CT molecular complexity index is 1160. The molecule has 0 saturated heterocycles. The maximum Gasteiger partial charge on any atom is 0.453 e. The zero-order valence-corrected chi connectivity index (χ0v) is 14.7. The van der Waals surface area contributed by atoms with Gasteiger partial charge < -0.3 is 9.47 Å². The lowest BCUT2D eigenvalue weighted by molar-refractivity contribution is -0.144. The average Bonchev–Trinajstić information content (AvgIpc) is 3.27. The Balaban J connectivity index is 1.86. The van der Waals surface area contributed by atoms with Crippen LogP contribution in [0.25, 0.3) is 17.1 Å². The smallest absolute Gasteiger partial charge is 0.453 e. The van der Waals surface area contributed by atoms with Gasteiger partial charge in [0.1, 0.15) is 0 Å². The summed E-state index contributed by atoms with van der Waals surface area (Å²) in [6.07, 6.45) is -4.77. The first kappa shape index (κ1) is 18.3. The van der Waals surface area contributed by atoms with Gasteiger partial charge in [-0.15, -0.1) is 5.10 Å². The van der Waals surface area contributed by atoms with Crippen molar-refractivity contribution in [2.45, 2.75) is 11.1 Å². The van der Waals surface area contributed by atoms with Crippen LogP contribution in [0.3, 0.4) is 0 Å². The van der Waals surface area contributed by atoms with Gasteiger partial charge in [0.2, 0.25) is 16.8 Å². The highest BCUT2D eigenvalue weighted by atomic mass is 32.2. The maximum absolute atomic E-state index is 13.2. The molecule has 8 nitrogen and oxygen atoms in total. The Labute approximate surface area is 156 Å². The summed E-state index contributed by atoms with van der Waals surface area (Å²) in [6, 6.07) is 9.46. The van der Waals surface area contributed by atoms with Gasteiger partial charge >= 0.3 is 6.18 Å². The third kappa shape index (κ3) is 3.27. The Kier molecular flexibility index (Phi) is 4.05. The molecule has 3 aromatic rings. The van der Waals surface area contributed by atoms with E-state index in [0.717, 1.165) is 4.68 Å². The van der Waals surface area contributed by atoms with Gasteiger partial charge in [-0.2, -0.15) is 13.2 Å². The summed E-state index contributed by atoms with van der Waals surface area (Å²) in [7, 11) is -3.94. The molecule has 0 fully saturated rings. The molecule has 0 aliphatic carbocycles. The number of ether oxygens (including phenoxy) is 2. The number of nitrogens with two attached hydrogens (primary N) is 1. The zero-order chi connectivity index (χ0) is 20.1. The van der Waals surface area contributed by atoms with Crippen LogP contribution in [0.1, 0.15) is 5.82 Å². The second-order valence-electron chi connectivity index (χ2n) is 5.78. The molecule has 0 atom stereocenters. The molecular weight excluding hydrogens is 401 g/mol. The predicted octanol–water partition coefficient (Wildman–Crippen LogP) is 2.33. The van der Waals surface area contributed by atoms with Crippen LogP contribution in [-0.2, 0) is 16.2 Å². The first-order valence-electron chi connectivity index (χ1n) is 7.70. The lowest BCUT2D eigenvalue weighted by Gasteiger charge is -2.07. The number of halogens is 3. The fourth-order valence-electron chi connectivity index (χ4n) is 2.61. The van der Waals surface area contributed by atoms with Crippen LogP contribution in [-0.4, -0.2) is 30.0 Å². The van der Waals surface area contributed by atoms with E-state index in [2.05, 4.69) is 10.1 Å². The second kappa shape index (κ2) is 6.21. The molecule has 0 radical (unpaired) electrons. The number of hydrogen-bond acceptors (Lipinski definition) is 6. The van der Waals surface area contributed by atoms with E-state index in [9.17, 15) is 21.6 Å². The molecule has 0 bridgehead atoms. The van der Waals surface area contributed by atoms with Gasteiger partial charge in [-0.1, -0.05) is 0 Å². The van der Waals surface area contributed by atoms with Crippen molar-refractivity contribution in [2.24, 2.45) is 5.14 Å². The second-order valence-corrected chi connectivity index (χ2v) is 7.34. The number of fused-ring (bicyclic) bond motifs is 1. The van der Waals surface area contributed by atoms with Crippen molar-refractivity contribution in [3.8, 4) is 28.6 Å². The third-order valence-electron chi connectivity index (χ3n) is 3.90. The molecule has 146 valence electrons. The quantitative estimate of drug-likeness (QED) is 0.707. The van der Waals surface area contributed by atoms with Crippen molar-refractivity contribution in [1.29, 1.82) is 0 Å². The molecule has 12 heteroatoms. The molecule has 2 N–H and O–H groups in total. The number of primary sulfonamides is 1. The fraction of sp³-hybridized carbons (Fsp3) is 0.125. The first-order valence-corrected chi connectivity index (χ1v) is 9.25. The number of hydrogen-bond donors (Lipinski definition) is 1. The highest BCUT2D eigenvalue weighted by Gasteiger charge is 2.37. The first-order chi connectivity index (χ1) is 13.1. The number of rotatable bonds is 3. The molecule has 28 heavy (non-hydrogen) atoms. The van der Waals surface area contributed by atoms with Crippen molar-refractivity contribution < 1.29 is 31.1 Å². The van der Waals surface area contributed by atoms with Crippen molar-refractivity contribution in [1.82, 2.24) is 14.8 Å². The summed E-state index contributed by atoms with van der Waals surface area (Å²) in [6.45, 7) is 0.00824. The molecule has 0 saturated carbocycles. The largest absolute Gasteiger partial charge is 0.454 e. The highest BCUT2D eigenvalue weighted by molar-refractivity contribution is 7.89. The van der Waals surface area contributed by atoms with Crippen LogP contribution in [0, 0.1) is 0 Å². The summed E-state index contributed by atoms with van der Waals surface area (Å²) in [4.78, 5) is 3.43. The molecule has 1 aromatic heterocycles. The average molecular weight is 412 g/mol. The third-order valence-corrected chi connectivity index (χ3v) is 4.83. The lowest BCUT2D eigenvalue weighted by Crippen LogP contribution is -2.12. The summed E-state index contributed by atoms with van der Waals surface area (Å²) < 4.78 is 73.7. The van der Waals surface area contributed by atoms with E-state index in [0.29, 0.717) is 17.1 Å². The monoisotopic (exact) mass is 412 g/mol. The summed E-state index contributed by atoms with van der Waals surface area (Å²) in [5.74, 6) is -0.613. The van der Waals surface area contributed by atoms with E-state index in [1.54, 1.807) is 6.07 Å². The minimum absolute atomic E-state index is 0.00824. The predicted molar refractivity (Wildman–Crippen MR) is 89.3 cm³/mol. The van der Waals surface area contributed by atoms with Crippen molar-refractivity contribution in [3.63, 3.8) is 0 Å². The van der Waals surface area contributed by atoms with Gasteiger partial charge in [-0.05, 0) is 42.5 Å². The Morgan fingerprint density at radius 2 is 1.71 bits per heavy atom. The Hall–Kier alpha value is -3.12. The van der Waals surface area contributed by atoms with Crippen LogP contribution in [0.15, 0.2) is 47.4 Å². The highest BCUT2D eigenvalue weighted by Crippen LogP contribution is 2.37. The summed E-state index contributed by atoms with van der Waals surface area (Å²) >= 11 is 0. The van der Waals surface area contributed by atoms with E-state index >= 15 is 0 Å². The molecule has 1 aliphatic heterocycles. The van der Waals surface area contributed by atoms with Gasteiger partial charge in [0, 0.05) is 5.56 Å². The van der Waals surface area contributed by atoms with Crippen LogP contribution >= 0.6 is 0 Å². The number of sulfonamides is 1. The van der Waals surface area contributed by atoms with E-state index in [-0.39, 0.29) is 23.2 Å². The molecule has 0 unspecified atom stereocenters. The Morgan fingerprint density at radius 3 is 2.36 bits per heavy atom. The van der Waals surface area contributed by atoms with Crippen LogP contribution in [0.4, 0.5) is 13.2 Å². The van der Waals surface area contributed by atoms with Gasteiger partial charge in [0.15, 0.2) is 17.3 Å². The fourth-order valence-corrected chi connectivity index (χ4v) is 3.13. The van der Waals surface area contributed by atoms with E-state index in [4.69, 9.17) is 14.6 Å². The SMILES string of the molecule is NS(=O)(=O)c1ccc(-n2nc(C(F)(F)F)nc2-c2ccc3c(c2)OCO3)cc1. The van der Waals surface area contributed by atoms with Crippen molar-refractivity contribution in [3.05, 3.63) is 48.3 Å². The molecule has 2 aromatic carbocycles. The van der Waals surface area contributed by atoms with Crippen molar-refractivity contribution in [2.75, 3.05) is 6.79 Å². The van der Waals surface area contributed by atoms with Gasteiger partial charge in [0.05, 0.1) is 10.6 Å². The molecule has 2 heterocycles. The molecular formula is C16H11F3N4O4S. The lowest BCUT2D eigenvalue weighted by atomic mass is 10.2. The van der Waals surface area contributed by atoms with Crippen LogP contribution < -0.4 is 14.6 Å². The van der Waals surface area contributed by atoms with Crippen molar-refractivity contribution >= 4 is 10.0 Å². The summed E-state index contributed by atoms with van der Waals surface area (Å²) in [5.41, 5.74) is 0.478.